The van der Waals surface area contributed by atoms with Gasteiger partial charge in [-0.1, -0.05) is 30.3 Å². The third kappa shape index (κ3) is 4.80. The van der Waals surface area contributed by atoms with E-state index >= 15 is 0 Å². The molecule has 0 unspecified atom stereocenters. The molecule has 8 heteroatoms. The third-order valence-electron chi connectivity index (χ3n) is 7.08. The summed E-state index contributed by atoms with van der Waals surface area (Å²) in [5.74, 6) is 0.678. The van der Waals surface area contributed by atoms with E-state index in [1.165, 1.54) is 4.57 Å². The van der Waals surface area contributed by atoms with Crippen molar-refractivity contribution in [3.05, 3.63) is 65.9 Å². The molecule has 0 radical (unpaired) electrons. The number of benzene rings is 2. The number of para-hydroxylation sites is 1. The molecule has 3 aromatic rings. The van der Waals surface area contributed by atoms with E-state index in [1.54, 1.807) is 23.1 Å². The van der Waals surface area contributed by atoms with Gasteiger partial charge < -0.3 is 19.3 Å². The quantitative estimate of drug-likeness (QED) is 0.516. The van der Waals surface area contributed by atoms with Crippen LogP contribution < -0.4 is 4.74 Å². The highest BCUT2D eigenvalue weighted by Gasteiger charge is 2.47. The Labute approximate surface area is 216 Å². The van der Waals surface area contributed by atoms with Crippen molar-refractivity contribution in [3.63, 3.8) is 0 Å². The summed E-state index contributed by atoms with van der Waals surface area (Å²) in [6, 6.07) is 14.1. The smallest absolute Gasteiger partial charge is 0.419 e. The van der Waals surface area contributed by atoms with Crippen molar-refractivity contribution in [3.8, 4) is 5.75 Å². The number of amides is 2. The maximum Gasteiger partial charge on any atom is 0.419 e. The molecule has 2 amide bonds. The zero-order valence-electron chi connectivity index (χ0n) is 21.8. The van der Waals surface area contributed by atoms with Crippen LogP contribution in [-0.4, -0.2) is 63.6 Å². The maximum absolute atomic E-state index is 13.7. The number of methoxy groups -OCH3 is 1. The predicted molar refractivity (Wildman–Crippen MR) is 139 cm³/mol. The van der Waals surface area contributed by atoms with Gasteiger partial charge in [0.2, 0.25) is 11.8 Å². The Bertz CT molecular complexity index is 1340. The topological polar surface area (TPSA) is 81.1 Å². The minimum Gasteiger partial charge on any atom is -0.497 e. The Balaban J connectivity index is 1.51. The first-order valence-electron chi connectivity index (χ1n) is 12.7. The van der Waals surface area contributed by atoms with Gasteiger partial charge in [0.1, 0.15) is 23.4 Å². The fraction of sp³-hybridized carbons (Fsp3) is 0.414. The molecule has 2 saturated heterocycles. The Hall–Kier alpha value is -3.81. The maximum atomic E-state index is 13.7. The molecule has 2 atom stereocenters. The van der Waals surface area contributed by atoms with Gasteiger partial charge in [-0.25, -0.2) is 4.79 Å². The minimum atomic E-state index is -0.665. The number of rotatable bonds is 5. The van der Waals surface area contributed by atoms with Crippen LogP contribution in [0.2, 0.25) is 0 Å². The molecular formula is C29H33N3O5. The number of fused-ring (bicyclic) bond motifs is 2. The van der Waals surface area contributed by atoms with Gasteiger partial charge in [0.05, 0.1) is 12.6 Å². The standard InChI is InChI=1S/C29H33N3O5/c1-29(2,3)37-28(35)32-18-20(22-8-5-6-9-23(22)32)16-25-27(34)30-15-7-10-24(30)26(33)31(25)17-19-11-13-21(36-4)14-12-19/h5-6,8-9,11-14,18,24-25H,7,10,15-17H2,1-4H3/t24-,25-/m0/s1. The first kappa shape index (κ1) is 24.9. The fourth-order valence-electron chi connectivity index (χ4n) is 5.35. The number of hydrogen-bond donors (Lipinski definition) is 0. The number of aromatic nitrogens is 1. The lowest BCUT2D eigenvalue weighted by Crippen LogP contribution is -2.63. The summed E-state index contributed by atoms with van der Waals surface area (Å²) in [6.45, 7) is 6.41. The summed E-state index contributed by atoms with van der Waals surface area (Å²) in [6.07, 6.45) is 3.09. The zero-order valence-corrected chi connectivity index (χ0v) is 21.8. The minimum absolute atomic E-state index is 0.0196. The Morgan fingerprint density at radius 3 is 2.46 bits per heavy atom. The molecule has 0 spiro atoms. The fourth-order valence-corrected chi connectivity index (χ4v) is 5.35. The van der Waals surface area contributed by atoms with Crippen LogP contribution in [-0.2, 0) is 27.3 Å². The Morgan fingerprint density at radius 2 is 1.76 bits per heavy atom. The molecule has 2 aromatic carbocycles. The van der Waals surface area contributed by atoms with Crippen LogP contribution in [0.5, 0.6) is 5.75 Å². The van der Waals surface area contributed by atoms with Gasteiger partial charge in [0, 0.05) is 31.1 Å². The second-order valence-corrected chi connectivity index (χ2v) is 10.7. The molecule has 0 aliphatic carbocycles. The SMILES string of the molecule is COc1ccc(CN2C(=O)[C@@H]3CCCN3C(=O)[C@@H]2Cc2cn(C(=O)OC(C)(C)C)c3ccccc23)cc1. The van der Waals surface area contributed by atoms with E-state index < -0.39 is 23.8 Å². The molecule has 8 nitrogen and oxygen atoms in total. The number of ether oxygens (including phenoxy) is 2. The average Bonchev–Trinajstić information content (AvgIpc) is 3.50. The monoisotopic (exact) mass is 503 g/mol. The van der Waals surface area contributed by atoms with E-state index in [0.717, 1.165) is 28.7 Å². The van der Waals surface area contributed by atoms with Gasteiger partial charge >= 0.3 is 6.09 Å². The van der Waals surface area contributed by atoms with Crippen molar-refractivity contribution in [1.29, 1.82) is 0 Å². The highest BCUT2D eigenvalue weighted by Crippen LogP contribution is 2.32. The molecule has 1 aromatic heterocycles. The molecular weight excluding hydrogens is 470 g/mol. The summed E-state index contributed by atoms with van der Waals surface area (Å²) < 4.78 is 12.4. The van der Waals surface area contributed by atoms with Gasteiger partial charge in [0.25, 0.3) is 0 Å². The van der Waals surface area contributed by atoms with Crippen LogP contribution in [0, 0.1) is 0 Å². The predicted octanol–water partition coefficient (Wildman–Crippen LogP) is 4.38. The lowest BCUT2D eigenvalue weighted by molar-refractivity contribution is -0.160. The molecule has 5 rings (SSSR count). The van der Waals surface area contributed by atoms with Crippen molar-refractivity contribution in [2.45, 2.75) is 64.3 Å². The van der Waals surface area contributed by atoms with Crippen LogP contribution in [0.25, 0.3) is 10.9 Å². The van der Waals surface area contributed by atoms with Crippen LogP contribution in [0.15, 0.2) is 54.7 Å². The highest BCUT2D eigenvalue weighted by atomic mass is 16.6. The van der Waals surface area contributed by atoms with Crippen LogP contribution >= 0.6 is 0 Å². The molecule has 2 aliphatic rings. The highest BCUT2D eigenvalue weighted by molar-refractivity contribution is 5.98. The number of carbonyl (C=O) groups is 3. The average molecular weight is 504 g/mol. The number of nitrogens with zero attached hydrogens (tertiary/aromatic N) is 3. The van der Waals surface area contributed by atoms with E-state index in [2.05, 4.69) is 0 Å². The van der Waals surface area contributed by atoms with Crippen LogP contribution in [0.3, 0.4) is 0 Å². The van der Waals surface area contributed by atoms with Crippen LogP contribution in [0.4, 0.5) is 4.79 Å². The number of hydrogen-bond acceptors (Lipinski definition) is 5. The largest absolute Gasteiger partial charge is 0.497 e. The second-order valence-electron chi connectivity index (χ2n) is 10.7. The molecule has 0 N–H and O–H groups in total. The van der Waals surface area contributed by atoms with Gasteiger partial charge in [-0.05, 0) is 62.9 Å². The first-order valence-corrected chi connectivity index (χ1v) is 12.7. The van der Waals surface area contributed by atoms with Crippen molar-refractivity contribution in [2.75, 3.05) is 13.7 Å². The molecule has 0 saturated carbocycles. The van der Waals surface area contributed by atoms with Crippen molar-refractivity contribution in [1.82, 2.24) is 14.4 Å². The van der Waals surface area contributed by atoms with E-state index in [0.29, 0.717) is 31.4 Å². The van der Waals surface area contributed by atoms with Crippen molar-refractivity contribution >= 4 is 28.8 Å². The third-order valence-corrected chi connectivity index (χ3v) is 7.08. The van der Waals surface area contributed by atoms with E-state index in [9.17, 15) is 14.4 Å². The summed E-state index contributed by atoms with van der Waals surface area (Å²) in [5.41, 5.74) is 1.82. The van der Waals surface area contributed by atoms with E-state index in [-0.39, 0.29) is 11.8 Å². The molecule has 3 heterocycles. The van der Waals surface area contributed by atoms with Gasteiger partial charge in [-0.2, -0.15) is 0 Å². The number of piperazine rings is 1. The summed E-state index contributed by atoms with van der Waals surface area (Å²) in [7, 11) is 1.61. The first-order chi connectivity index (χ1) is 17.7. The molecule has 37 heavy (non-hydrogen) atoms. The van der Waals surface area contributed by atoms with E-state index in [4.69, 9.17) is 9.47 Å². The zero-order chi connectivity index (χ0) is 26.3. The van der Waals surface area contributed by atoms with Crippen LogP contribution in [0.1, 0.15) is 44.7 Å². The molecule has 2 fully saturated rings. The van der Waals surface area contributed by atoms with Crippen molar-refractivity contribution in [2.24, 2.45) is 0 Å². The molecule has 2 aliphatic heterocycles. The summed E-state index contributed by atoms with van der Waals surface area (Å²) in [4.78, 5) is 43.8. The lowest BCUT2D eigenvalue weighted by Gasteiger charge is -2.42. The second kappa shape index (κ2) is 9.57. The Morgan fingerprint density at radius 1 is 1.03 bits per heavy atom. The Kier molecular flexibility index (Phi) is 6.43. The van der Waals surface area contributed by atoms with Gasteiger partial charge in [-0.3, -0.25) is 14.2 Å². The molecule has 0 bridgehead atoms. The summed E-state index contributed by atoms with van der Waals surface area (Å²) in [5, 5.41) is 0.863. The van der Waals surface area contributed by atoms with Gasteiger partial charge in [-0.15, -0.1) is 0 Å². The van der Waals surface area contributed by atoms with E-state index in [1.807, 2.05) is 69.3 Å². The summed E-state index contributed by atoms with van der Waals surface area (Å²) >= 11 is 0. The molecule has 194 valence electrons. The lowest BCUT2D eigenvalue weighted by atomic mass is 9.97. The normalized spacial score (nSPS) is 19.9. The van der Waals surface area contributed by atoms with Crippen molar-refractivity contribution < 1.29 is 23.9 Å². The van der Waals surface area contributed by atoms with Gasteiger partial charge in [0.15, 0.2) is 0 Å². The number of carbonyl (C=O) groups excluding carboxylic acids is 3.